The van der Waals surface area contributed by atoms with Crippen molar-refractivity contribution in [2.24, 2.45) is 0 Å². The zero-order valence-electron chi connectivity index (χ0n) is 9.30. The van der Waals surface area contributed by atoms with Crippen LogP contribution in [0.4, 0.5) is 0 Å². The van der Waals surface area contributed by atoms with Gasteiger partial charge >= 0.3 is 0 Å². The highest BCUT2D eigenvalue weighted by Crippen LogP contribution is 2.10. The Hall–Kier alpha value is -0.160. The van der Waals surface area contributed by atoms with Crippen molar-refractivity contribution in [3.8, 4) is 0 Å². The molecule has 0 fully saturated rings. The van der Waals surface area contributed by atoms with Crippen molar-refractivity contribution < 1.29 is 20.9 Å². The van der Waals surface area contributed by atoms with Crippen LogP contribution in [0, 0.1) is 0 Å². The fourth-order valence-electron chi connectivity index (χ4n) is 0.728. The average molecular weight is 192 g/mol. The van der Waals surface area contributed by atoms with Gasteiger partial charge in [-0.15, -0.1) is 0 Å². The Morgan fingerprint density at radius 1 is 1.00 bits per heavy atom. The summed E-state index contributed by atoms with van der Waals surface area (Å²) in [6.07, 6.45) is 0. The van der Waals surface area contributed by atoms with Crippen molar-refractivity contribution in [1.82, 2.24) is 0 Å². The third kappa shape index (κ3) is 8.18. The second-order valence-electron chi connectivity index (χ2n) is 4.23. The molecule has 0 radical (unpaired) electrons. The maximum Gasteiger partial charge on any atom is 0.163 e. The maximum atomic E-state index is 5.53. The molecule has 0 bridgehead atoms. The molecular formula is C9H24N2O2+2. The molecule has 0 rings (SSSR count). The summed E-state index contributed by atoms with van der Waals surface area (Å²) < 4.78 is 11.1. The molecule has 0 spiro atoms. The first kappa shape index (κ1) is 12.8. The van der Waals surface area contributed by atoms with E-state index >= 15 is 0 Å². The first-order valence-electron chi connectivity index (χ1n) is 4.77. The number of hydrogen-bond donors (Lipinski definition) is 2. The molecule has 0 saturated heterocycles. The second-order valence-corrected chi connectivity index (χ2v) is 4.23. The van der Waals surface area contributed by atoms with Crippen LogP contribution in [0.15, 0.2) is 0 Å². The Morgan fingerprint density at radius 3 is 1.54 bits per heavy atom. The molecule has 0 aromatic heterocycles. The molecule has 0 saturated carbocycles. The molecule has 0 amide bonds. The van der Waals surface area contributed by atoms with E-state index in [1.807, 2.05) is 27.7 Å². The Kier molecular flexibility index (Phi) is 5.48. The first-order valence-corrected chi connectivity index (χ1v) is 4.77. The lowest BCUT2D eigenvalue weighted by atomic mass is 10.3. The minimum atomic E-state index is -0.516. The highest BCUT2D eigenvalue weighted by Gasteiger charge is 2.20. The highest BCUT2D eigenvalue weighted by atomic mass is 16.7. The lowest BCUT2D eigenvalue weighted by Gasteiger charge is -2.26. The van der Waals surface area contributed by atoms with Crippen molar-refractivity contribution in [1.29, 1.82) is 0 Å². The molecule has 0 aliphatic carbocycles. The minimum absolute atomic E-state index is 0.292. The van der Waals surface area contributed by atoms with Gasteiger partial charge in [-0.05, 0) is 27.7 Å². The third-order valence-corrected chi connectivity index (χ3v) is 1.43. The minimum Gasteiger partial charge on any atom is -0.353 e. The first-order chi connectivity index (χ1) is 5.83. The molecule has 6 N–H and O–H groups in total. The Bertz CT molecular complexity index is 122. The number of ether oxygens (including phenoxy) is 2. The van der Waals surface area contributed by atoms with Gasteiger partial charge in [0.2, 0.25) is 0 Å². The van der Waals surface area contributed by atoms with E-state index in [1.165, 1.54) is 0 Å². The Morgan fingerprint density at radius 2 is 1.31 bits per heavy atom. The van der Waals surface area contributed by atoms with E-state index in [9.17, 15) is 0 Å². The molecule has 0 aromatic rings. The van der Waals surface area contributed by atoms with E-state index < -0.39 is 5.79 Å². The van der Waals surface area contributed by atoms with Gasteiger partial charge in [-0.25, -0.2) is 0 Å². The van der Waals surface area contributed by atoms with Crippen LogP contribution >= 0.6 is 0 Å². The van der Waals surface area contributed by atoms with Gasteiger partial charge in [0.15, 0.2) is 5.79 Å². The van der Waals surface area contributed by atoms with E-state index in [-0.39, 0.29) is 0 Å². The monoisotopic (exact) mass is 192 g/mol. The normalized spacial score (nSPS) is 17.1. The summed E-state index contributed by atoms with van der Waals surface area (Å²) in [6, 6.07) is 0.583. The summed E-state index contributed by atoms with van der Waals surface area (Å²) >= 11 is 0. The van der Waals surface area contributed by atoms with Gasteiger partial charge in [-0.1, -0.05) is 0 Å². The van der Waals surface area contributed by atoms with Crippen molar-refractivity contribution in [2.75, 3.05) is 13.2 Å². The predicted molar refractivity (Wildman–Crippen MR) is 50.7 cm³/mol. The van der Waals surface area contributed by atoms with Crippen molar-refractivity contribution in [3.05, 3.63) is 0 Å². The molecule has 0 aliphatic rings. The smallest absolute Gasteiger partial charge is 0.163 e. The van der Waals surface area contributed by atoms with E-state index in [2.05, 4.69) is 11.5 Å². The van der Waals surface area contributed by atoms with Crippen molar-refractivity contribution in [3.63, 3.8) is 0 Å². The highest BCUT2D eigenvalue weighted by molar-refractivity contribution is 4.56. The molecule has 2 unspecified atom stereocenters. The fraction of sp³-hybridized carbons (Fsp3) is 1.00. The summed E-state index contributed by atoms with van der Waals surface area (Å²) in [5, 5.41) is 0. The van der Waals surface area contributed by atoms with Crippen LogP contribution in [0.5, 0.6) is 0 Å². The largest absolute Gasteiger partial charge is 0.353 e. The average Bonchev–Trinajstić information content (AvgIpc) is 1.98. The lowest BCUT2D eigenvalue weighted by Crippen LogP contribution is -2.63. The van der Waals surface area contributed by atoms with Gasteiger partial charge in [0.05, 0.1) is 0 Å². The van der Waals surface area contributed by atoms with Crippen molar-refractivity contribution in [2.45, 2.75) is 45.6 Å². The zero-order chi connectivity index (χ0) is 10.5. The van der Waals surface area contributed by atoms with Crippen LogP contribution in [0.3, 0.4) is 0 Å². The van der Waals surface area contributed by atoms with Crippen LogP contribution in [0.25, 0.3) is 0 Å². The van der Waals surface area contributed by atoms with Gasteiger partial charge in [-0.2, -0.15) is 0 Å². The number of hydrogen-bond acceptors (Lipinski definition) is 2. The summed E-state index contributed by atoms with van der Waals surface area (Å²) in [5.41, 5.74) is 7.69. The fourth-order valence-corrected chi connectivity index (χ4v) is 0.728. The predicted octanol–water partition coefficient (Wildman–Crippen LogP) is -0.983. The van der Waals surface area contributed by atoms with Crippen LogP contribution in [0.2, 0.25) is 0 Å². The van der Waals surface area contributed by atoms with E-state index in [0.717, 1.165) is 0 Å². The molecule has 0 aliphatic heterocycles. The SMILES string of the molecule is CC([NH3+])COC(C)(C)OCC(C)[NH3+]. The second kappa shape index (κ2) is 5.54. The molecule has 0 aromatic carbocycles. The molecule has 13 heavy (non-hydrogen) atoms. The molecule has 4 heteroatoms. The van der Waals surface area contributed by atoms with E-state index in [4.69, 9.17) is 9.47 Å². The molecule has 0 heterocycles. The number of quaternary nitrogens is 2. The van der Waals surface area contributed by atoms with E-state index in [0.29, 0.717) is 25.3 Å². The zero-order valence-corrected chi connectivity index (χ0v) is 9.30. The topological polar surface area (TPSA) is 73.7 Å². The summed E-state index contributed by atoms with van der Waals surface area (Å²) in [4.78, 5) is 0. The third-order valence-electron chi connectivity index (χ3n) is 1.43. The lowest BCUT2D eigenvalue weighted by molar-refractivity contribution is -0.439. The van der Waals surface area contributed by atoms with Crippen LogP contribution in [0.1, 0.15) is 27.7 Å². The number of rotatable bonds is 6. The van der Waals surface area contributed by atoms with Gasteiger partial charge in [0.25, 0.3) is 0 Å². The van der Waals surface area contributed by atoms with Crippen LogP contribution in [-0.2, 0) is 9.47 Å². The molecule has 80 valence electrons. The van der Waals surface area contributed by atoms with Gasteiger partial charge in [-0.3, -0.25) is 0 Å². The van der Waals surface area contributed by atoms with Gasteiger partial charge < -0.3 is 20.9 Å². The standard InChI is InChI=1S/C9H22N2O2/c1-7(10)5-12-9(3,4)13-6-8(2)11/h7-8H,5-6,10-11H2,1-4H3/p+2. The summed E-state index contributed by atoms with van der Waals surface area (Å²) in [7, 11) is 0. The van der Waals surface area contributed by atoms with Crippen LogP contribution < -0.4 is 11.5 Å². The quantitative estimate of drug-likeness (QED) is 0.531. The Labute approximate surface area is 80.6 Å². The van der Waals surface area contributed by atoms with E-state index in [1.54, 1.807) is 0 Å². The maximum absolute atomic E-state index is 5.53. The van der Waals surface area contributed by atoms with Crippen LogP contribution in [-0.4, -0.2) is 31.1 Å². The molecular weight excluding hydrogens is 168 g/mol. The van der Waals surface area contributed by atoms with Gasteiger partial charge in [0, 0.05) is 0 Å². The molecule has 2 atom stereocenters. The Balaban J connectivity index is 3.66. The van der Waals surface area contributed by atoms with Crippen molar-refractivity contribution >= 4 is 0 Å². The summed E-state index contributed by atoms with van der Waals surface area (Å²) in [5.74, 6) is -0.516. The summed E-state index contributed by atoms with van der Waals surface area (Å²) in [6.45, 7) is 9.10. The molecule has 4 nitrogen and oxygen atoms in total. The van der Waals surface area contributed by atoms with Gasteiger partial charge in [0.1, 0.15) is 25.3 Å².